The van der Waals surface area contributed by atoms with Crippen LogP contribution in [0.1, 0.15) is 6.92 Å². The van der Waals surface area contributed by atoms with Gasteiger partial charge in [-0.2, -0.15) is 5.10 Å². The van der Waals surface area contributed by atoms with Crippen LogP contribution < -0.4 is 10.5 Å². The van der Waals surface area contributed by atoms with E-state index in [-0.39, 0.29) is 0 Å². The zero-order valence-electron chi connectivity index (χ0n) is 8.42. The molecule has 2 heterocycles. The van der Waals surface area contributed by atoms with Gasteiger partial charge in [-0.25, -0.2) is 4.98 Å². The number of hydrogen-bond acceptors (Lipinski definition) is 4. The van der Waals surface area contributed by atoms with Crippen LogP contribution in [0.5, 0.6) is 11.6 Å². The van der Waals surface area contributed by atoms with Gasteiger partial charge in [-0.1, -0.05) is 0 Å². The molecule has 5 nitrogen and oxygen atoms in total. The zero-order valence-corrected chi connectivity index (χ0v) is 8.42. The van der Waals surface area contributed by atoms with Gasteiger partial charge in [0, 0.05) is 12.7 Å². The van der Waals surface area contributed by atoms with Crippen molar-refractivity contribution in [3.63, 3.8) is 0 Å². The Bertz CT molecular complexity index is 452. The predicted molar refractivity (Wildman–Crippen MR) is 56.6 cm³/mol. The van der Waals surface area contributed by atoms with Crippen LogP contribution in [-0.2, 0) is 6.54 Å². The average molecular weight is 204 g/mol. The van der Waals surface area contributed by atoms with Crippen molar-refractivity contribution in [3.8, 4) is 11.6 Å². The molecule has 5 heteroatoms. The summed E-state index contributed by atoms with van der Waals surface area (Å²) in [6, 6.07) is 3.50. The Morgan fingerprint density at radius 2 is 2.40 bits per heavy atom. The first-order valence-electron chi connectivity index (χ1n) is 4.70. The quantitative estimate of drug-likeness (QED) is 0.825. The van der Waals surface area contributed by atoms with Gasteiger partial charge >= 0.3 is 0 Å². The number of nitrogen functional groups attached to an aromatic ring is 1. The van der Waals surface area contributed by atoms with Crippen molar-refractivity contribution in [1.29, 1.82) is 0 Å². The fourth-order valence-electron chi connectivity index (χ4n) is 1.17. The molecule has 0 aromatic carbocycles. The molecule has 0 saturated heterocycles. The first-order chi connectivity index (χ1) is 7.29. The van der Waals surface area contributed by atoms with Crippen molar-refractivity contribution in [3.05, 3.63) is 30.7 Å². The van der Waals surface area contributed by atoms with Crippen molar-refractivity contribution < 1.29 is 4.74 Å². The lowest BCUT2D eigenvalue weighted by Gasteiger charge is -2.03. The van der Waals surface area contributed by atoms with Crippen molar-refractivity contribution in [1.82, 2.24) is 14.8 Å². The third-order valence-electron chi connectivity index (χ3n) is 1.95. The van der Waals surface area contributed by atoms with Crippen LogP contribution in [0.25, 0.3) is 0 Å². The fraction of sp³-hybridized carbons (Fsp3) is 0.200. The normalized spacial score (nSPS) is 10.2. The Morgan fingerprint density at radius 1 is 1.53 bits per heavy atom. The number of aryl methyl sites for hydroxylation is 1. The summed E-state index contributed by atoms with van der Waals surface area (Å²) in [7, 11) is 0. The molecule has 0 radical (unpaired) electrons. The van der Waals surface area contributed by atoms with Gasteiger partial charge in [-0.05, 0) is 19.1 Å². The number of hydrogen-bond donors (Lipinski definition) is 1. The summed E-state index contributed by atoms with van der Waals surface area (Å²) < 4.78 is 7.24. The number of nitrogens with two attached hydrogens (primary N) is 1. The predicted octanol–water partition coefficient (Wildman–Crippen LogP) is 1.67. The van der Waals surface area contributed by atoms with Gasteiger partial charge in [-0.3, -0.25) is 4.68 Å². The number of anilines is 1. The summed E-state index contributed by atoms with van der Waals surface area (Å²) in [5.74, 6) is 1.05. The molecule has 0 aliphatic carbocycles. The third kappa shape index (κ3) is 2.07. The van der Waals surface area contributed by atoms with Crippen molar-refractivity contribution in [2.75, 3.05) is 5.73 Å². The van der Waals surface area contributed by atoms with Crippen LogP contribution in [-0.4, -0.2) is 14.8 Å². The van der Waals surface area contributed by atoms with Crippen LogP contribution in [0.15, 0.2) is 30.7 Å². The molecular weight excluding hydrogens is 192 g/mol. The highest BCUT2D eigenvalue weighted by molar-refractivity contribution is 5.48. The van der Waals surface area contributed by atoms with Crippen LogP contribution >= 0.6 is 0 Å². The van der Waals surface area contributed by atoms with E-state index in [0.29, 0.717) is 17.3 Å². The molecule has 0 amide bonds. The molecule has 2 aromatic heterocycles. The first kappa shape index (κ1) is 9.51. The van der Waals surface area contributed by atoms with Crippen molar-refractivity contribution in [2.45, 2.75) is 13.5 Å². The van der Waals surface area contributed by atoms with Gasteiger partial charge in [-0.15, -0.1) is 0 Å². The molecule has 2 rings (SSSR count). The summed E-state index contributed by atoms with van der Waals surface area (Å²) in [5.41, 5.74) is 6.21. The minimum absolute atomic E-state index is 0.410. The minimum Gasteiger partial charge on any atom is -0.434 e. The molecule has 0 aliphatic heterocycles. The maximum Gasteiger partial charge on any atom is 0.242 e. The van der Waals surface area contributed by atoms with Crippen LogP contribution in [0.3, 0.4) is 0 Å². The van der Waals surface area contributed by atoms with E-state index in [1.807, 2.05) is 6.92 Å². The summed E-state index contributed by atoms with van der Waals surface area (Å²) in [4.78, 5) is 4.02. The lowest BCUT2D eigenvalue weighted by molar-refractivity contribution is 0.464. The van der Waals surface area contributed by atoms with Crippen LogP contribution in [0.2, 0.25) is 0 Å². The smallest absolute Gasteiger partial charge is 0.242 e. The van der Waals surface area contributed by atoms with Crippen molar-refractivity contribution in [2.24, 2.45) is 0 Å². The molecule has 15 heavy (non-hydrogen) atoms. The fourth-order valence-corrected chi connectivity index (χ4v) is 1.17. The monoisotopic (exact) mass is 204 g/mol. The molecule has 78 valence electrons. The Morgan fingerprint density at radius 3 is 3.07 bits per heavy atom. The van der Waals surface area contributed by atoms with Crippen LogP contribution in [0.4, 0.5) is 5.69 Å². The minimum atomic E-state index is 0.410. The Balaban J connectivity index is 2.18. The second-order valence-electron chi connectivity index (χ2n) is 3.03. The standard InChI is InChI=1S/C10H12N4O/c1-2-14-7-8(6-13-14)15-10-9(11)4-3-5-12-10/h3-7H,2,11H2,1H3. The van der Waals surface area contributed by atoms with Gasteiger partial charge in [0.25, 0.3) is 0 Å². The lowest BCUT2D eigenvalue weighted by Crippen LogP contribution is -1.94. The maximum absolute atomic E-state index is 5.69. The van der Waals surface area contributed by atoms with Gasteiger partial charge in [0.2, 0.25) is 5.88 Å². The highest BCUT2D eigenvalue weighted by atomic mass is 16.5. The number of aromatic nitrogens is 3. The zero-order chi connectivity index (χ0) is 10.7. The van der Waals surface area contributed by atoms with Crippen molar-refractivity contribution >= 4 is 5.69 Å². The van der Waals surface area contributed by atoms with Gasteiger partial charge in [0.05, 0.1) is 18.1 Å². The van der Waals surface area contributed by atoms with E-state index in [1.165, 1.54) is 0 Å². The molecule has 0 spiro atoms. The second-order valence-corrected chi connectivity index (χ2v) is 3.03. The van der Waals surface area contributed by atoms with Crippen LogP contribution in [0, 0.1) is 0 Å². The topological polar surface area (TPSA) is 66.0 Å². The van der Waals surface area contributed by atoms with Gasteiger partial charge in [0.1, 0.15) is 0 Å². The highest BCUT2D eigenvalue weighted by Crippen LogP contribution is 2.23. The number of pyridine rings is 1. The molecule has 0 saturated carbocycles. The molecule has 0 atom stereocenters. The first-order valence-corrected chi connectivity index (χ1v) is 4.70. The van der Waals surface area contributed by atoms with E-state index >= 15 is 0 Å². The molecule has 2 aromatic rings. The Labute approximate surface area is 87.5 Å². The lowest BCUT2D eigenvalue weighted by atomic mass is 10.4. The molecule has 0 bridgehead atoms. The molecular formula is C10H12N4O. The Hall–Kier alpha value is -2.04. The maximum atomic E-state index is 5.69. The van der Waals surface area contributed by atoms with E-state index < -0.39 is 0 Å². The molecule has 0 unspecified atom stereocenters. The second kappa shape index (κ2) is 4.00. The summed E-state index contributed by atoms with van der Waals surface area (Å²) in [6.45, 7) is 2.81. The van der Waals surface area contributed by atoms with E-state index in [0.717, 1.165) is 6.54 Å². The van der Waals surface area contributed by atoms with E-state index in [4.69, 9.17) is 10.5 Å². The van der Waals surface area contributed by atoms with Gasteiger partial charge < -0.3 is 10.5 Å². The van der Waals surface area contributed by atoms with E-state index in [1.54, 1.807) is 35.4 Å². The summed E-state index contributed by atoms with van der Waals surface area (Å²) >= 11 is 0. The Kier molecular flexibility index (Phi) is 2.53. The largest absolute Gasteiger partial charge is 0.434 e. The van der Waals surface area contributed by atoms with E-state index in [9.17, 15) is 0 Å². The molecule has 0 fully saturated rings. The van der Waals surface area contributed by atoms with E-state index in [2.05, 4.69) is 10.1 Å². The SMILES string of the molecule is CCn1cc(Oc2ncccc2N)cn1. The molecule has 0 aliphatic rings. The summed E-state index contributed by atoms with van der Waals surface area (Å²) in [5, 5.41) is 4.08. The third-order valence-corrected chi connectivity index (χ3v) is 1.95. The summed E-state index contributed by atoms with van der Waals surface area (Å²) in [6.07, 6.45) is 5.07. The average Bonchev–Trinajstić information content (AvgIpc) is 2.69. The van der Waals surface area contributed by atoms with Gasteiger partial charge in [0.15, 0.2) is 5.75 Å². The number of rotatable bonds is 3. The number of nitrogens with zero attached hydrogens (tertiary/aromatic N) is 3. The highest BCUT2D eigenvalue weighted by Gasteiger charge is 2.04. The number of ether oxygens (including phenoxy) is 1. The molecule has 2 N–H and O–H groups in total.